The first kappa shape index (κ1) is 11.5. The molecule has 107 valence electrons. The summed E-state index contributed by atoms with van der Waals surface area (Å²) in [7, 11) is 0. The van der Waals surface area contributed by atoms with Crippen LogP contribution in [0.2, 0.25) is 0 Å². The summed E-state index contributed by atoms with van der Waals surface area (Å²) in [4.78, 5) is 2.78. The molecule has 2 heterocycles. The zero-order chi connectivity index (χ0) is 11.6. The van der Waals surface area contributed by atoms with Crippen molar-refractivity contribution in [3.8, 4) is 0 Å². The Morgan fingerprint density at radius 2 is 2.22 bits per heavy atom. The molecule has 2 heteroatoms. The molecule has 0 amide bonds. The number of hydrogen-bond donors (Lipinski definition) is 0. The van der Waals surface area contributed by atoms with E-state index >= 15 is 0 Å². The average molecular weight is 490 g/mol. The molecule has 1 saturated heterocycles. The Morgan fingerprint density at radius 1 is 1.39 bits per heavy atom. The first-order valence-corrected chi connectivity index (χ1v) is 7.20. The molecule has 0 aromatic rings. The van der Waals surface area contributed by atoms with E-state index in [1.54, 1.807) is 11.1 Å². The molecule has 0 spiro atoms. The maximum atomic E-state index is 2.78. The summed E-state index contributed by atoms with van der Waals surface area (Å²) < 4.78 is 0. The van der Waals surface area contributed by atoms with Gasteiger partial charge in [-0.25, -0.2) is 0 Å². The minimum Gasteiger partial charge on any atom is -0.325 e. The van der Waals surface area contributed by atoms with Gasteiger partial charge in [-0.3, -0.25) is 5.92 Å². The third kappa shape index (κ3) is 1.16. The molecule has 4 aliphatic rings. The second-order valence-corrected chi connectivity index (χ2v) is 6.55. The normalized spacial score (nSPS) is 39.2. The van der Waals surface area contributed by atoms with Crippen molar-refractivity contribution in [1.82, 2.24) is 4.90 Å². The van der Waals surface area contributed by atoms with Gasteiger partial charge >= 0.3 is 0 Å². The molecule has 2 atom stereocenters. The first-order valence-electron chi connectivity index (χ1n) is 7.20. The summed E-state index contributed by atoms with van der Waals surface area (Å²) in [6, 6.07) is 0. The molecule has 1 saturated carbocycles. The van der Waals surface area contributed by atoms with Gasteiger partial charge in [-0.15, -0.1) is 0 Å². The molecule has 2 unspecified atom stereocenters. The summed E-state index contributed by atoms with van der Waals surface area (Å²) in [5.41, 5.74) is 5.52. The molecule has 1 radical (unpaired) electrons. The van der Waals surface area contributed by atoms with Crippen LogP contribution in [0.4, 0.5) is 0 Å². The van der Waals surface area contributed by atoms with Crippen LogP contribution in [0.15, 0.2) is 22.8 Å². The second-order valence-electron chi connectivity index (χ2n) is 6.55. The maximum Gasteiger partial charge on any atom is 0 e. The molecule has 0 N–H and O–H groups in total. The van der Waals surface area contributed by atoms with E-state index in [2.05, 4.69) is 24.8 Å². The van der Waals surface area contributed by atoms with E-state index in [1.165, 1.54) is 45.2 Å². The van der Waals surface area contributed by atoms with Gasteiger partial charge in [0.25, 0.3) is 0 Å². The Kier molecular flexibility index (Phi) is 2.22. The fourth-order valence-electron chi connectivity index (χ4n) is 4.99. The van der Waals surface area contributed by atoms with Gasteiger partial charge < -0.3 is 4.90 Å². The topological polar surface area (TPSA) is 3.24 Å². The zero-order valence-corrected chi connectivity index (χ0v) is 13.5. The van der Waals surface area contributed by atoms with Crippen LogP contribution in [0, 0.1) is 11.8 Å². The number of allylic oxidation sites excluding steroid dienone is 3. The van der Waals surface area contributed by atoms with E-state index < -0.39 is 0 Å². The van der Waals surface area contributed by atoms with Crippen molar-refractivity contribution < 1.29 is 0 Å². The van der Waals surface area contributed by atoms with Gasteiger partial charge in [0.2, 0.25) is 0 Å². The van der Waals surface area contributed by atoms with E-state index in [1.807, 2.05) is 11.5 Å². The summed E-state index contributed by atoms with van der Waals surface area (Å²) in [6.07, 6.45) is 9.27. The Labute approximate surface area is 105 Å². The van der Waals surface area contributed by atoms with Gasteiger partial charge in [-0.2, -0.15) is 12.8 Å². The fraction of sp³-hybridized carbons (Fsp3) is 0.688. The minimum absolute atomic E-state index is 0. The standard InChI is InChI=1S/C16H22N.Lr/c1-11-8-12-4-3-6-17-7-5-14-10-13(9-11)15(12)16(14,17)2;/h8,13H,3-7,9-10H2,1-2H3;/q-1;. The molecule has 2 aliphatic carbocycles. The smallest absolute Gasteiger partial charge is 0 e. The van der Waals surface area contributed by atoms with Crippen molar-refractivity contribution in [2.75, 3.05) is 13.1 Å². The SMILES string of the molecule is CC1=CC2=C3C(C1)C[C-]1CCN(CCC2)C31C.[Lr]. The van der Waals surface area contributed by atoms with Crippen LogP contribution in [0.25, 0.3) is 0 Å². The van der Waals surface area contributed by atoms with Crippen molar-refractivity contribution in [2.24, 2.45) is 5.92 Å². The molecular weight excluding hydrogens is 468 g/mol. The van der Waals surface area contributed by atoms with Crippen LogP contribution in [-0.2, 0) is 0 Å². The monoisotopic (exact) mass is 490 g/mol. The van der Waals surface area contributed by atoms with E-state index in [4.69, 9.17) is 0 Å². The largest absolute Gasteiger partial charge is 0.325 e. The van der Waals surface area contributed by atoms with Gasteiger partial charge in [0.05, 0.1) is 0 Å². The molecule has 0 aromatic carbocycles. The Morgan fingerprint density at radius 3 is 3.06 bits per heavy atom. The Bertz CT molecular complexity index is 436. The summed E-state index contributed by atoms with van der Waals surface area (Å²) in [5, 5.41) is 0. The number of nitrogens with zero attached hydrogens (tertiary/aromatic N) is 1. The summed E-state index contributed by atoms with van der Waals surface area (Å²) in [6.45, 7) is 7.47. The van der Waals surface area contributed by atoms with E-state index in [0.717, 1.165) is 5.92 Å². The van der Waals surface area contributed by atoms with Crippen LogP contribution in [0.1, 0.15) is 46.0 Å². The number of rotatable bonds is 0. The van der Waals surface area contributed by atoms with Crippen LogP contribution >= 0.6 is 0 Å². The van der Waals surface area contributed by atoms with E-state index in [-0.39, 0.29) is 0 Å². The zero-order valence-electron chi connectivity index (χ0n) is 11.3. The molecule has 0 aromatic heterocycles. The van der Waals surface area contributed by atoms with Crippen molar-refractivity contribution in [1.29, 1.82) is 0 Å². The number of hydrogen-bond acceptors (Lipinski definition) is 1. The molecule has 4 rings (SSSR count). The molecule has 2 fully saturated rings. The molecule has 1 nitrogen and oxygen atoms in total. The van der Waals surface area contributed by atoms with Gasteiger partial charge in [0.1, 0.15) is 0 Å². The molecular formula is C16H22LrN-. The van der Waals surface area contributed by atoms with Gasteiger partial charge in [-0.05, 0) is 50.8 Å². The first-order chi connectivity index (χ1) is 8.19. The molecule has 2 aliphatic heterocycles. The minimum atomic E-state index is 0. The van der Waals surface area contributed by atoms with Gasteiger partial charge in [0, 0.05) is 0 Å². The van der Waals surface area contributed by atoms with E-state index in [0.29, 0.717) is 5.54 Å². The van der Waals surface area contributed by atoms with Crippen LogP contribution < -0.4 is 0 Å². The third-order valence-corrected chi connectivity index (χ3v) is 5.64. The third-order valence-electron chi connectivity index (χ3n) is 5.64. The quantitative estimate of drug-likeness (QED) is 0.471. The molecule has 0 bridgehead atoms. The average Bonchev–Trinajstić information content (AvgIpc) is 2.65. The molecule has 18 heavy (non-hydrogen) atoms. The van der Waals surface area contributed by atoms with Gasteiger partial charge in [0.15, 0.2) is 0 Å². The Hall–Kier alpha value is -1.56. The van der Waals surface area contributed by atoms with Gasteiger partial charge in [-0.1, -0.05) is 29.7 Å². The fourth-order valence-corrected chi connectivity index (χ4v) is 4.99. The summed E-state index contributed by atoms with van der Waals surface area (Å²) in [5.74, 6) is 2.70. The van der Waals surface area contributed by atoms with E-state index in [9.17, 15) is 0 Å². The van der Waals surface area contributed by atoms with Crippen molar-refractivity contribution in [3.05, 3.63) is 28.7 Å². The van der Waals surface area contributed by atoms with Crippen molar-refractivity contribution in [2.45, 2.75) is 51.5 Å². The Balaban J connectivity index is 0.000001000. The van der Waals surface area contributed by atoms with Crippen molar-refractivity contribution in [3.63, 3.8) is 0 Å². The summed E-state index contributed by atoms with van der Waals surface area (Å²) >= 11 is 0. The van der Waals surface area contributed by atoms with Crippen molar-refractivity contribution >= 4 is 0 Å². The van der Waals surface area contributed by atoms with Crippen LogP contribution in [-0.4, -0.2) is 23.5 Å². The van der Waals surface area contributed by atoms with Crippen LogP contribution in [0.3, 0.4) is 0 Å². The van der Waals surface area contributed by atoms with Crippen LogP contribution in [0.5, 0.6) is 0 Å². The predicted molar refractivity (Wildman–Crippen MR) is 70.6 cm³/mol. The maximum absolute atomic E-state index is 2.78. The predicted octanol–water partition coefficient (Wildman–Crippen LogP) is 3.49. The second kappa shape index (κ2) is 3.47.